The van der Waals surface area contributed by atoms with E-state index in [1.54, 1.807) is 18.3 Å². The van der Waals surface area contributed by atoms with E-state index in [1.807, 2.05) is 66.5 Å². The van der Waals surface area contributed by atoms with Crippen LogP contribution in [0.15, 0.2) is 59.4 Å². The zero-order valence-electron chi connectivity index (χ0n) is 17.8. The number of hydrogen-bond acceptors (Lipinski definition) is 6. The average molecular weight is 449 g/mol. The molecule has 0 saturated heterocycles. The Morgan fingerprint density at radius 1 is 1.16 bits per heavy atom. The smallest absolute Gasteiger partial charge is 0.273 e. The van der Waals surface area contributed by atoms with Crippen LogP contribution in [0, 0.1) is 0 Å². The Bertz CT molecular complexity index is 1220. The number of fused-ring (bicyclic) bond motifs is 1. The molecule has 2 heterocycles. The van der Waals surface area contributed by atoms with E-state index in [-0.39, 0.29) is 11.6 Å². The van der Waals surface area contributed by atoms with Crippen molar-refractivity contribution in [1.29, 1.82) is 0 Å². The first-order valence-electron chi connectivity index (χ1n) is 10.2. The predicted octanol–water partition coefficient (Wildman–Crippen LogP) is 3.41. The summed E-state index contributed by atoms with van der Waals surface area (Å²) in [5, 5.41) is 15.3. The Hall–Kier alpha value is -3.56. The quantitative estimate of drug-likeness (QED) is 0.383. The van der Waals surface area contributed by atoms with Crippen LogP contribution < -0.4 is 10.6 Å². The topological polar surface area (TPSA) is 103 Å². The second kappa shape index (κ2) is 9.71. The molecule has 0 aliphatic rings. The number of carbonyl (C=O) groups excluding carboxylic acids is 2. The van der Waals surface area contributed by atoms with Crippen molar-refractivity contribution in [2.45, 2.75) is 26.1 Å². The summed E-state index contributed by atoms with van der Waals surface area (Å²) in [5.74, 6) is -0.700. The molecule has 32 heavy (non-hydrogen) atoms. The summed E-state index contributed by atoms with van der Waals surface area (Å²) in [6, 6.07) is 14.3. The summed E-state index contributed by atoms with van der Waals surface area (Å²) in [6.07, 6.45) is 0. The van der Waals surface area contributed by atoms with Crippen molar-refractivity contribution in [3.05, 3.63) is 76.4 Å². The molecular formula is C23H24N6O2S. The van der Waals surface area contributed by atoms with Crippen molar-refractivity contribution in [2.24, 2.45) is 0 Å². The molecular weight excluding hydrogens is 424 g/mol. The van der Waals surface area contributed by atoms with Gasteiger partial charge in [-0.1, -0.05) is 30.3 Å². The van der Waals surface area contributed by atoms with Gasteiger partial charge in [-0.2, -0.15) is 5.10 Å². The predicted molar refractivity (Wildman–Crippen MR) is 125 cm³/mol. The minimum atomic E-state index is -0.728. The van der Waals surface area contributed by atoms with E-state index in [9.17, 15) is 9.59 Å². The number of para-hydroxylation sites is 1. The monoisotopic (exact) mass is 448 g/mol. The summed E-state index contributed by atoms with van der Waals surface area (Å²) >= 11 is 1.58. The first kappa shape index (κ1) is 21.7. The Kier molecular flexibility index (Phi) is 6.58. The van der Waals surface area contributed by atoms with Crippen molar-refractivity contribution in [3.8, 4) is 0 Å². The van der Waals surface area contributed by atoms with E-state index < -0.39 is 11.9 Å². The van der Waals surface area contributed by atoms with Gasteiger partial charge in [0, 0.05) is 29.5 Å². The Morgan fingerprint density at radius 2 is 2.00 bits per heavy atom. The van der Waals surface area contributed by atoms with Crippen LogP contribution in [0.5, 0.6) is 0 Å². The molecule has 1 unspecified atom stereocenters. The number of rotatable bonds is 8. The van der Waals surface area contributed by atoms with Gasteiger partial charge < -0.3 is 10.6 Å². The number of thiazole rings is 1. The highest BCUT2D eigenvalue weighted by atomic mass is 32.1. The molecule has 3 N–H and O–H groups in total. The van der Waals surface area contributed by atoms with Gasteiger partial charge in [0.15, 0.2) is 5.69 Å². The van der Waals surface area contributed by atoms with Crippen LogP contribution in [0.3, 0.4) is 0 Å². The zero-order chi connectivity index (χ0) is 22.5. The molecule has 2 amide bonds. The first-order chi connectivity index (χ1) is 15.5. The number of nitrogens with zero attached hydrogens (tertiary/aromatic N) is 3. The van der Waals surface area contributed by atoms with Crippen LogP contribution >= 0.6 is 11.3 Å². The van der Waals surface area contributed by atoms with Crippen LogP contribution in [0.1, 0.15) is 28.7 Å². The third-order valence-corrected chi connectivity index (χ3v) is 5.62. The number of aromatic amines is 1. The maximum absolute atomic E-state index is 12.7. The van der Waals surface area contributed by atoms with Gasteiger partial charge >= 0.3 is 0 Å². The molecule has 0 aliphatic heterocycles. The third kappa shape index (κ3) is 5.19. The second-order valence-corrected chi connectivity index (χ2v) is 8.37. The zero-order valence-corrected chi connectivity index (χ0v) is 18.6. The van der Waals surface area contributed by atoms with Crippen molar-refractivity contribution in [2.75, 3.05) is 12.4 Å². The molecule has 4 aromatic rings. The highest BCUT2D eigenvalue weighted by molar-refractivity contribution is 7.07. The molecule has 2 aromatic heterocycles. The molecule has 0 aliphatic carbocycles. The van der Waals surface area contributed by atoms with Crippen LogP contribution in [-0.4, -0.2) is 45.0 Å². The van der Waals surface area contributed by atoms with Crippen molar-refractivity contribution in [3.63, 3.8) is 0 Å². The van der Waals surface area contributed by atoms with E-state index in [4.69, 9.17) is 0 Å². The number of carbonyl (C=O) groups is 2. The van der Waals surface area contributed by atoms with E-state index in [1.165, 1.54) is 0 Å². The Morgan fingerprint density at radius 3 is 2.81 bits per heavy atom. The van der Waals surface area contributed by atoms with Gasteiger partial charge in [0.2, 0.25) is 5.91 Å². The number of nitrogens with one attached hydrogen (secondary N) is 3. The average Bonchev–Trinajstić information content (AvgIpc) is 3.43. The number of amides is 2. The van der Waals surface area contributed by atoms with Gasteiger partial charge in [-0.15, -0.1) is 11.3 Å². The summed E-state index contributed by atoms with van der Waals surface area (Å²) in [6.45, 7) is 3.12. The fraction of sp³-hybridized carbons (Fsp3) is 0.217. The summed E-state index contributed by atoms with van der Waals surface area (Å²) in [4.78, 5) is 31.7. The number of H-pyrrole nitrogens is 1. The normalized spacial score (nSPS) is 12.1. The molecule has 9 heteroatoms. The molecule has 1 atom stereocenters. The molecule has 0 saturated carbocycles. The fourth-order valence-electron chi connectivity index (χ4n) is 3.42. The third-order valence-electron chi connectivity index (χ3n) is 4.99. The largest absolute Gasteiger partial charge is 0.339 e. The second-order valence-electron chi connectivity index (χ2n) is 7.65. The minimum Gasteiger partial charge on any atom is -0.339 e. The molecule has 0 spiro atoms. The van der Waals surface area contributed by atoms with Gasteiger partial charge in [0.05, 0.1) is 16.7 Å². The highest BCUT2D eigenvalue weighted by Gasteiger charge is 2.20. The lowest BCUT2D eigenvalue weighted by Crippen LogP contribution is -2.41. The molecule has 8 nitrogen and oxygen atoms in total. The van der Waals surface area contributed by atoms with Crippen LogP contribution in [-0.2, 0) is 17.9 Å². The lowest BCUT2D eigenvalue weighted by Gasteiger charge is -2.17. The lowest BCUT2D eigenvalue weighted by atomic mass is 10.1. The molecule has 2 aromatic carbocycles. The van der Waals surface area contributed by atoms with Gasteiger partial charge in [-0.25, -0.2) is 4.98 Å². The van der Waals surface area contributed by atoms with Gasteiger partial charge in [-0.3, -0.25) is 19.6 Å². The fourth-order valence-corrected chi connectivity index (χ4v) is 3.97. The number of hydrogen-bond donors (Lipinski definition) is 3. The molecule has 0 fully saturated rings. The van der Waals surface area contributed by atoms with Crippen molar-refractivity contribution < 1.29 is 9.59 Å². The number of anilines is 1. The van der Waals surface area contributed by atoms with Crippen LogP contribution in [0.25, 0.3) is 10.9 Å². The minimum absolute atomic E-state index is 0.269. The molecule has 164 valence electrons. The van der Waals surface area contributed by atoms with Crippen LogP contribution in [0.2, 0.25) is 0 Å². The molecule has 0 radical (unpaired) electrons. The summed E-state index contributed by atoms with van der Waals surface area (Å²) in [5.41, 5.74) is 5.66. The molecule has 0 bridgehead atoms. The maximum atomic E-state index is 12.7. The standard InChI is InChI=1S/C23H24N6O2S/c1-15(25-23(31)21-19-8-3-4-9-20(19)27-28-21)22(30)26-17-7-5-6-16(10-17)11-29(2)12-18-13-32-14-24-18/h3-10,13-15H,11-12H2,1-2H3,(H,25,31)(H,26,30)(H,27,28). The SMILES string of the molecule is CC(NC(=O)c1n[nH]c2ccccc12)C(=O)Nc1cccc(CN(C)Cc2cscn2)c1. The van der Waals surface area contributed by atoms with E-state index >= 15 is 0 Å². The summed E-state index contributed by atoms with van der Waals surface area (Å²) in [7, 11) is 2.03. The maximum Gasteiger partial charge on any atom is 0.273 e. The first-order valence-corrected chi connectivity index (χ1v) is 11.1. The lowest BCUT2D eigenvalue weighted by molar-refractivity contribution is -0.117. The number of aromatic nitrogens is 3. The molecule has 4 rings (SSSR count). The van der Waals surface area contributed by atoms with Gasteiger partial charge in [0.1, 0.15) is 6.04 Å². The Balaban J connectivity index is 1.34. The van der Waals surface area contributed by atoms with Crippen molar-refractivity contribution >= 4 is 39.7 Å². The van der Waals surface area contributed by atoms with Gasteiger partial charge in [-0.05, 0) is 37.7 Å². The van der Waals surface area contributed by atoms with E-state index in [2.05, 4.69) is 30.7 Å². The Labute approximate surface area is 189 Å². The highest BCUT2D eigenvalue weighted by Crippen LogP contribution is 2.16. The van der Waals surface area contributed by atoms with Crippen LogP contribution in [0.4, 0.5) is 5.69 Å². The summed E-state index contributed by atoms with van der Waals surface area (Å²) < 4.78 is 0. The van der Waals surface area contributed by atoms with Crippen molar-refractivity contribution in [1.82, 2.24) is 25.4 Å². The van der Waals surface area contributed by atoms with E-state index in [0.717, 1.165) is 29.9 Å². The van der Waals surface area contributed by atoms with E-state index in [0.29, 0.717) is 11.1 Å². The van der Waals surface area contributed by atoms with Gasteiger partial charge in [0.25, 0.3) is 5.91 Å². The number of benzene rings is 2.